The lowest BCUT2D eigenvalue weighted by atomic mass is 10.2. The topological polar surface area (TPSA) is 55.3 Å². The van der Waals surface area contributed by atoms with Crippen molar-refractivity contribution in [3.8, 4) is 0 Å². The van der Waals surface area contributed by atoms with Crippen LogP contribution in [-0.4, -0.2) is 22.0 Å². The van der Waals surface area contributed by atoms with Crippen LogP contribution in [0.2, 0.25) is 0 Å². The summed E-state index contributed by atoms with van der Waals surface area (Å²) in [4.78, 5) is 4.22. The summed E-state index contributed by atoms with van der Waals surface area (Å²) in [6.07, 6.45) is 4.71. The van der Waals surface area contributed by atoms with Crippen molar-refractivity contribution in [1.29, 1.82) is 0 Å². The van der Waals surface area contributed by atoms with Crippen LogP contribution in [0, 0.1) is 0 Å². The fraction of sp³-hybridized carbons (Fsp3) is 0.364. The number of pyridine rings is 1. The van der Waals surface area contributed by atoms with E-state index in [4.69, 9.17) is 5.73 Å². The molecule has 15 heavy (non-hydrogen) atoms. The fourth-order valence-electron chi connectivity index (χ4n) is 1.52. The Morgan fingerprint density at radius 1 is 1.53 bits per heavy atom. The van der Waals surface area contributed by atoms with E-state index < -0.39 is 0 Å². The molecule has 0 radical (unpaired) electrons. The molecule has 3 N–H and O–H groups in total. The number of hydrogen-bond donors (Lipinski definition) is 2. The van der Waals surface area contributed by atoms with Gasteiger partial charge in [0.15, 0.2) is 0 Å². The molecule has 0 bridgehead atoms. The molecule has 1 atom stereocenters. The molecule has 0 aromatic carbocycles. The maximum Gasteiger partial charge on any atom is 0.138 e. The Labute approximate surface area is 89.1 Å². The second kappa shape index (κ2) is 4.31. The van der Waals surface area contributed by atoms with Gasteiger partial charge in [0.05, 0.1) is 0 Å². The van der Waals surface area contributed by atoms with Crippen molar-refractivity contribution in [2.24, 2.45) is 5.73 Å². The normalized spacial score (nSPS) is 12.9. The van der Waals surface area contributed by atoms with Crippen molar-refractivity contribution < 1.29 is 0 Å². The van der Waals surface area contributed by atoms with Crippen molar-refractivity contribution in [2.45, 2.75) is 19.4 Å². The van der Waals surface area contributed by atoms with Gasteiger partial charge in [-0.25, -0.2) is 4.98 Å². The van der Waals surface area contributed by atoms with Crippen molar-refractivity contribution in [2.75, 3.05) is 11.9 Å². The van der Waals surface area contributed by atoms with E-state index in [1.165, 1.54) is 0 Å². The van der Waals surface area contributed by atoms with E-state index >= 15 is 0 Å². The minimum Gasteiger partial charge on any atom is -0.371 e. The summed E-state index contributed by atoms with van der Waals surface area (Å²) in [5, 5.41) is 3.35. The standard InChI is InChI=1S/C11H16N4/c1-9(12)5-6-13-10-3-2-4-11-14-7-8-15(10)11/h2-4,7-9,13H,5-6,12H2,1H3. The molecule has 0 saturated carbocycles. The molecule has 2 rings (SSSR count). The summed E-state index contributed by atoms with van der Waals surface area (Å²) >= 11 is 0. The predicted molar refractivity (Wildman–Crippen MR) is 61.9 cm³/mol. The average molecular weight is 204 g/mol. The van der Waals surface area contributed by atoms with Gasteiger partial charge in [-0.05, 0) is 25.5 Å². The highest BCUT2D eigenvalue weighted by molar-refractivity contribution is 5.49. The molecule has 2 heterocycles. The molecule has 4 heteroatoms. The Morgan fingerprint density at radius 3 is 3.20 bits per heavy atom. The molecular formula is C11H16N4. The number of nitrogens with one attached hydrogen (secondary N) is 1. The smallest absolute Gasteiger partial charge is 0.138 e. The van der Waals surface area contributed by atoms with Crippen LogP contribution >= 0.6 is 0 Å². The van der Waals surface area contributed by atoms with Gasteiger partial charge in [-0.1, -0.05) is 6.07 Å². The fourth-order valence-corrected chi connectivity index (χ4v) is 1.52. The van der Waals surface area contributed by atoms with E-state index in [9.17, 15) is 0 Å². The van der Waals surface area contributed by atoms with Gasteiger partial charge in [-0.15, -0.1) is 0 Å². The van der Waals surface area contributed by atoms with Gasteiger partial charge in [0.25, 0.3) is 0 Å². The zero-order chi connectivity index (χ0) is 10.7. The third-order valence-electron chi connectivity index (χ3n) is 2.33. The number of nitrogens with zero attached hydrogens (tertiary/aromatic N) is 2. The maximum absolute atomic E-state index is 5.69. The molecule has 2 aromatic rings. The first-order chi connectivity index (χ1) is 7.27. The van der Waals surface area contributed by atoms with Gasteiger partial charge in [-0.3, -0.25) is 4.40 Å². The summed E-state index contributed by atoms with van der Waals surface area (Å²) in [5.41, 5.74) is 6.65. The van der Waals surface area contributed by atoms with E-state index in [2.05, 4.69) is 10.3 Å². The van der Waals surface area contributed by atoms with Crippen molar-refractivity contribution in [1.82, 2.24) is 9.38 Å². The first-order valence-corrected chi connectivity index (χ1v) is 5.19. The molecule has 0 saturated heterocycles. The first-order valence-electron chi connectivity index (χ1n) is 5.19. The summed E-state index contributed by atoms with van der Waals surface area (Å²) in [6.45, 7) is 2.90. The van der Waals surface area contributed by atoms with Crippen molar-refractivity contribution in [3.63, 3.8) is 0 Å². The molecule has 0 spiro atoms. The van der Waals surface area contributed by atoms with Gasteiger partial charge in [0.2, 0.25) is 0 Å². The molecule has 4 nitrogen and oxygen atoms in total. The number of hydrogen-bond acceptors (Lipinski definition) is 3. The molecule has 0 aliphatic heterocycles. The highest BCUT2D eigenvalue weighted by atomic mass is 15.1. The number of rotatable bonds is 4. The Balaban J connectivity index is 2.10. The summed E-state index contributed by atoms with van der Waals surface area (Å²) in [7, 11) is 0. The van der Waals surface area contributed by atoms with E-state index in [1.54, 1.807) is 6.20 Å². The molecule has 0 fully saturated rings. The third kappa shape index (κ3) is 2.27. The lowest BCUT2D eigenvalue weighted by molar-refractivity contribution is 0.689. The van der Waals surface area contributed by atoms with Crippen LogP contribution in [0.5, 0.6) is 0 Å². The van der Waals surface area contributed by atoms with Gasteiger partial charge >= 0.3 is 0 Å². The number of aromatic nitrogens is 2. The Hall–Kier alpha value is -1.55. The lowest BCUT2D eigenvalue weighted by Crippen LogP contribution is -2.19. The minimum absolute atomic E-state index is 0.236. The highest BCUT2D eigenvalue weighted by Gasteiger charge is 1.99. The zero-order valence-electron chi connectivity index (χ0n) is 8.85. The number of fused-ring (bicyclic) bond motifs is 1. The zero-order valence-corrected chi connectivity index (χ0v) is 8.85. The minimum atomic E-state index is 0.236. The highest BCUT2D eigenvalue weighted by Crippen LogP contribution is 2.10. The predicted octanol–water partition coefficient (Wildman–Crippen LogP) is 1.48. The number of anilines is 1. The van der Waals surface area contributed by atoms with Crippen LogP contribution in [0.4, 0.5) is 5.82 Å². The first kappa shape index (κ1) is 9.98. The molecule has 2 aromatic heterocycles. The van der Waals surface area contributed by atoms with Crippen LogP contribution in [0.3, 0.4) is 0 Å². The Kier molecular flexibility index (Phi) is 2.87. The quantitative estimate of drug-likeness (QED) is 0.793. The molecular weight excluding hydrogens is 188 g/mol. The van der Waals surface area contributed by atoms with Crippen molar-refractivity contribution in [3.05, 3.63) is 30.6 Å². The molecule has 0 aliphatic rings. The van der Waals surface area contributed by atoms with Gasteiger partial charge < -0.3 is 11.1 Å². The number of nitrogens with two attached hydrogens (primary N) is 1. The van der Waals surface area contributed by atoms with E-state index in [0.29, 0.717) is 0 Å². The molecule has 80 valence electrons. The van der Waals surface area contributed by atoms with Crippen LogP contribution in [0.1, 0.15) is 13.3 Å². The monoisotopic (exact) mass is 204 g/mol. The average Bonchev–Trinajstić information content (AvgIpc) is 2.65. The van der Waals surface area contributed by atoms with E-state index in [1.807, 2.05) is 35.7 Å². The van der Waals surface area contributed by atoms with Crippen LogP contribution in [-0.2, 0) is 0 Å². The third-order valence-corrected chi connectivity index (χ3v) is 2.33. The molecule has 0 aliphatic carbocycles. The summed E-state index contributed by atoms with van der Waals surface area (Å²) < 4.78 is 2.03. The lowest BCUT2D eigenvalue weighted by Gasteiger charge is -2.10. The van der Waals surface area contributed by atoms with Gasteiger partial charge in [0, 0.05) is 25.0 Å². The largest absolute Gasteiger partial charge is 0.371 e. The number of imidazole rings is 1. The Morgan fingerprint density at radius 2 is 2.40 bits per heavy atom. The summed E-state index contributed by atoms with van der Waals surface area (Å²) in [5.74, 6) is 1.06. The molecule has 1 unspecified atom stereocenters. The van der Waals surface area contributed by atoms with Gasteiger partial charge in [-0.2, -0.15) is 0 Å². The van der Waals surface area contributed by atoms with Crippen LogP contribution < -0.4 is 11.1 Å². The second-order valence-electron chi connectivity index (χ2n) is 3.76. The molecule has 0 amide bonds. The maximum atomic E-state index is 5.69. The van der Waals surface area contributed by atoms with Crippen molar-refractivity contribution >= 4 is 11.5 Å². The van der Waals surface area contributed by atoms with Crippen LogP contribution in [0.15, 0.2) is 30.6 Å². The van der Waals surface area contributed by atoms with E-state index in [-0.39, 0.29) is 6.04 Å². The Bertz CT molecular complexity index is 433. The van der Waals surface area contributed by atoms with E-state index in [0.717, 1.165) is 24.4 Å². The van der Waals surface area contributed by atoms with Crippen LogP contribution in [0.25, 0.3) is 5.65 Å². The second-order valence-corrected chi connectivity index (χ2v) is 3.76. The SMILES string of the molecule is CC(N)CCNc1cccc2nccn12. The van der Waals surface area contributed by atoms with Gasteiger partial charge in [0.1, 0.15) is 11.5 Å². The summed E-state index contributed by atoms with van der Waals surface area (Å²) in [6, 6.07) is 6.25.